The van der Waals surface area contributed by atoms with Crippen molar-refractivity contribution in [2.24, 2.45) is 0 Å². The summed E-state index contributed by atoms with van der Waals surface area (Å²) < 4.78 is 11.7. The summed E-state index contributed by atoms with van der Waals surface area (Å²) in [5.74, 6) is 2.54. The van der Waals surface area contributed by atoms with E-state index >= 15 is 0 Å². The molecule has 0 saturated carbocycles. The highest BCUT2D eigenvalue weighted by atomic mass is 32.2. The van der Waals surface area contributed by atoms with Crippen molar-refractivity contribution in [3.8, 4) is 6.07 Å². The Morgan fingerprint density at radius 2 is 2.07 bits per heavy atom. The van der Waals surface area contributed by atoms with Gasteiger partial charge in [0, 0.05) is 51.1 Å². The van der Waals surface area contributed by atoms with E-state index < -0.39 is 0 Å². The smallest absolute Gasteiger partial charge is 0.231 e. The van der Waals surface area contributed by atoms with E-state index in [9.17, 15) is 0 Å². The first-order valence-electron chi connectivity index (χ1n) is 10.2. The van der Waals surface area contributed by atoms with Crippen LogP contribution in [0.1, 0.15) is 24.8 Å². The van der Waals surface area contributed by atoms with Crippen molar-refractivity contribution in [1.82, 2.24) is 19.8 Å². The number of piperazine rings is 1. The zero-order valence-corrected chi connectivity index (χ0v) is 17.7. The van der Waals surface area contributed by atoms with Crippen LogP contribution in [0.25, 0.3) is 0 Å². The molecule has 3 aliphatic rings. The molecule has 3 heterocycles. The molecule has 1 aromatic rings. The third-order valence-corrected chi connectivity index (χ3v) is 6.24. The zero-order chi connectivity index (χ0) is 20.6. The lowest BCUT2D eigenvalue weighted by Gasteiger charge is -2.36. The molecule has 4 rings (SSSR count). The van der Waals surface area contributed by atoms with Gasteiger partial charge in [-0.05, 0) is 12.8 Å². The maximum Gasteiger partial charge on any atom is 0.231 e. The van der Waals surface area contributed by atoms with Gasteiger partial charge in [-0.1, -0.05) is 23.8 Å². The molecule has 0 atom stereocenters. The average Bonchev–Trinajstić information content (AvgIpc) is 2.81. The number of hydrogen-bond acceptors (Lipinski definition) is 8. The first-order valence-corrected chi connectivity index (χ1v) is 11.2. The highest BCUT2D eigenvalue weighted by Crippen LogP contribution is 2.25. The molecule has 1 aliphatic carbocycles. The van der Waals surface area contributed by atoms with Crippen molar-refractivity contribution in [2.75, 3.05) is 38.5 Å². The minimum absolute atomic E-state index is 0.539. The second-order valence-electron chi connectivity index (χ2n) is 7.27. The summed E-state index contributed by atoms with van der Waals surface area (Å²) in [4.78, 5) is 12.7. The summed E-state index contributed by atoms with van der Waals surface area (Å²) in [5.41, 5.74) is 1.91. The Hall–Kier alpha value is -2.76. The monoisotopic (exact) mass is 423 g/mol. The second-order valence-corrected chi connectivity index (χ2v) is 8.36. The Balaban J connectivity index is 1.17. The van der Waals surface area contributed by atoms with Crippen molar-refractivity contribution in [2.45, 2.75) is 24.3 Å². The normalized spacial score (nSPS) is 19.2. The third-order valence-electron chi connectivity index (χ3n) is 5.25. The van der Waals surface area contributed by atoms with Crippen molar-refractivity contribution in [1.29, 1.82) is 5.26 Å². The van der Waals surface area contributed by atoms with Gasteiger partial charge in [0.2, 0.25) is 5.88 Å². The largest absolute Gasteiger partial charge is 0.460 e. The third kappa shape index (κ3) is 5.43. The molecular weight excluding hydrogens is 398 g/mol. The van der Waals surface area contributed by atoms with Gasteiger partial charge in [0.1, 0.15) is 35.0 Å². The molecule has 1 saturated heterocycles. The second kappa shape index (κ2) is 10.3. The van der Waals surface area contributed by atoms with E-state index in [1.807, 2.05) is 0 Å². The van der Waals surface area contributed by atoms with Crippen LogP contribution < -0.4 is 0 Å². The first kappa shape index (κ1) is 20.5. The minimum Gasteiger partial charge on any atom is -0.460 e. The van der Waals surface area contributed by atoms with Gasteiger partial charge in [0.25, 0.3) is 0 Å². The lowest BCUT2D eigenvalue weighted by molar-refractivity contribution is 0.0853. The molecule has 1 aromatic heterocycles. The Kier molecular flexibility index (Phi) is 7.06. The van der Waals surface area contributed by atoms with Crippen LogP contribution in [0.5, 0.6) is 0 Å². The van der Waals surface area contributed by atoms with Gasteiger partial charge in [0.05, 0.1) is 0 Å². The number of ether oxygens (including phenoxy) is 2. The molecule has 0 aromatic carbocycles. The van der Waals surface area contributed by atoms with E-state index in [-0.39, 0.29) is 0 Å². The van der Waals surface area contributed by atoms with Crippen molar-refractivity contribution < 1.29 is 9.47 Å². The Morgan fingerprint density at radius 3 is 2.80 bits per heavy atom. The lowest BCUT2D eigenvalue weighted by atomic mass is 10.0. The summed E-state index contributed by atoms with van der Waals surface area (Å²) >= 11 is 1.61. The highest BCUT2D eigenvalue weighted by molar-refractivity contribution is 7.99. The highest BCUT2D eigenvalue weighted by Gasteiger charge is 2.22. The summed E-state index contributed by atoms with van der Waals surface area (Å²) in [5, 5.41) is 9.88. The maximum atomic E-state index is 9.12. The molecule has 156 valence electrons. The van der Waals surface area contributed by atoms with Gasteiger partial charge in [-0.2, -0.15) is 5.26 Å². The van der Waals surface area contributed by atoms with Crippen molar-refractivity contribution in [3.63, 3.8) is 0 Å². The summed E-state index contributed by atoms with van der Waals surface area (Å²) in [6.45, 7) is 4.68. The molecule has 1 fully saturated rings. The zero-order valence-electron chi connectivity index (χ0n) is 16.9. The van der Waals surface area contributed by atoms with Gasteiger partial charge in [-0.3, -0.25) is 4.90 Å². The Morgan fingerprint density at radius 1 is 1.17 bits per heavy atom. The van der Waals surface area contributed by atoms with Crippen LogP contribution in [0, 0.1) is 11.3 Å². The molecule has 2 aliphatic heterocycles. The van der Waals surface area contributed by atoms with Crippen LogP contribution in [-0.4, -0.2) is 58.2 Å². The van der Waals surface area contributed by atoms with Crippen LogP contribution in [0.2, 0.25) is 0 Å². The lowest BCUT2D eigenvalue weighted by Crippen LogP contribution is -2.46. The molecule has 7 nitrogen and oxygen atoms in total. The molecule has 0 unspecified atom stereocenters. The quantitative estimate of drug-likeness (QED) is 0.488. The topological polar surface area (TPSA) is 74.5 Å². The number of aromatic nitrogens is 2. The average molecular weight is 424 g/mol. The summed E-state index contributed by atoms with van der Waals surface area (Å²) in [7, 11) is 0. The predicted octanol–water partition coefficient (Wildman–Crippen LogP) is 3.41. The van der Waals surface area contributed by atoms with Crippen molar-refractivity contribution in [3.05, 3.63) is 66.1 Å². The predicted molar refractivity (Wildman–Crippen MR) is 115 cm³/mol. The molecule has 30 heavy (non-hydrogen) atoms. The fraction of sp³-hybridized carbons (Fsp3) is 0.409. The van der Waals surface area contributed by atoms with E-state index in [0.29, 0.717) is 5.56 Å². The minimum atomic E-state index is 0.539. The summed E-state index contributed by atoms with van der Waals surface area (Å²) in [6.07, 6.45) is 16.0. The number of allylic oxidation sites excluding steroid dienone is 4. The van der Waals surface area contributed by atoms with Gasteiger partial charge < -0.3 is 14.4 Å². The van der Waals surface area contributed by atoms with Crippen molar-refractivity contribution >= 4 is 11.8 Å². The fourth-order valence-electron chi connectivity index (χ4n) is 3.54. The van der Waals surface area contributed by atoms with Crippen LogP contribution in [-0.2, 0) is 9.47 Å². The van der Waals surface area contributed by atoms with Gasteiger partial charge >= 0.3 is 0 Å². The van der Waals surface area contributed by atoms with E-state index in [2.05, 4.69) is 44.1 Å². The Bertz CT molecular complexity index is 910. The fourth-order valence-corrected chi connectivity index (χ4v) is 4.46. The van der Waals surface area contributed by atoms with E-state index in [0.717, 1.165) is 74.4 Å². The van der Waals surface area contributed by atoms with Gasteiger partial charge in [-0.15, -0.1) is 11.8 Å². The van der Waals surface area contributed by atoms with Crippen LogP contribution >= 0.6 is 11.8 Å². The molecule has 0 spiro atoms. The van der Waals surface area contributed by atoms with Crippen LogP contribution in [0.3, 0.4) is 0 Å². The molecule has 8 heteroatoms. The molecule has 0 bridgehead atoms. The van der Waals surface area contributed by atoms with E-state index in [1.54, 1.807) is 30.5 Å². The van der Waals surface area contributed by atoms with Crippen LogP contribution in [0.4, 0.5) is 0 Å². The molecule has 0 N–H and O–H groups in total. The summed E-state index contributed by atoms with van der Waals surface area (Å²) in [6, 6.07) is 2.14. The standard InChI is InChI=1S/C22H25N5O2S/c23-13-19-14-24-17-25-22(19)30-11-10-26-6-8-27(9-7-26)21-16-28-20(15-29-21)12-18-4-2-1-3-5-18/h1-2,4,14-17H,3,5-12H2. The number of hydrogen-bond donors (Lipinski definition) is 0. The number of nitrogens with zero attached hydrogens (tertiary/aromatic N) is 5. The molecular formula is C22H25N5O2S. The van der Waals surface area contributed by atoms with Crippen LogP contribution in [0.15, 0.2) is 65.5 Å². The first-order chi connectivity index (χ1) is 14.8. The Labute approximate surface area is 181 Å². The van der Waals surface area contributed by atoms with E-state index in [4.69, 9.17) is 14.7 Å². The molecule has 0 radical (unpaired) electrons. The number of thioether (sulfide) groups is 1. The SMILES string of the molecule is N#Cc1cncnc1SCCN1CCN(C2=COC(CC3=CC=CCC3)=CO2)CC1. The number of nitriles is 1. The van der Waals surface area contributed by atoms with Gasteiger partial charge in [-0.25, -0.2) is 9.97 Å². The molecule has 0 amide bonds. The van der Waals surface area contributed by atoms with Gasteiger partial charge in [0.15, 0.2) is 6.26 Å². The van der Waals surface area contributed by atoms with E-state index in [1.165, 1.54) is 11.9 Å². The maximum absolute atomic E-state index is 9.12. The number of rotatable bonds is 7.